The van der Waals surface area contributed by atoms with E-state index in [2.05, 4.69) is 5.32 Å². The van der Waals surface area contributed by atoms with Gasteiger partial charge in [0.15, 0.2) is 6.10 Å². The van der Waals surface area contributed by atoms with Gasteiger partial charge < -0.3 is 10.1 Å². The van der Waals surface area contributed by atoms with Crippen LogP contribution >= 0.6 is 23.2 Å². The molecule has 3 rings (SSSR count). The van der Waals surface area contributed by atoms with E-state index in [-0.39, 0.29) is 18.8 Å². The first kappa shape index (κ1) is 18.8. The summed E-state index contributed by atoms with van der Waals surface area (Å²) >= 11 is 12.0. The Hall–Kier alpha value is -1.96. The number of fused-ring (bicyclic) bond motifs is 1. The SMILES string of the molecule is CS(=O)(=O)N1C[C@H](C(=O)NCc2ccccc2Cl)Oc2ccc(Cl)cc21. The third kappa shape index (κ3) is 4.06. The van der Waals surface area contributed by atoms with Crippen LogP contribution < -0.4 is 14.4 Å². The number of halogens is 2. The molecule has 2 aromatic carbocycles. The maximum absolute atomic E-state index is 12.5. The topological polar surface area (TPSA) is 75.7 Å². The third-order valence-electron chi connectivity index (χ3n) is 3.89. The highest BCUT2D eigenvalue weighted by molar-refractivity contribution is 7.92. The summed E-state index contributed by atoms with van der Waals surface area (Å²) < 4.78 is 31.1. The summed E-state index contributed by atoms with van der Waals surface area (Å²) in [7, 11) is -3.60. The van der Waals surface area contributed by atoms with Gasteiger partial charge in [0.2, 0.25) is 10.0 Å². The average molecular weight is 415 g/mol. The van der Waals surface area contributed by atoms with Crippen molar-refractivity contribution in [2.45, 2.75) is 12.6 Å². The first-order valence-corrected chi connectivity index (χ1v) is 10.3. The Balaban J connectivity index is 1.80. The van der Waals surface area contributed by atoms with Gasteiger partial charge in [0.25, 0.3) is 5.91 Å². The van der Waals surface area contributed by atoms with Crippen LogP contribution in [0.5, 0.6) is 5.75 Å². The average Bonchev–Trinajstić information content (AvgIpc) is 2.59. The Labute approximate surface area is 161 Å². The number of hydrogen-bond donors (Lipinski definition) is 1. The van der Waals surface area contributed by atoms with E-state index in [1.165, 1.54) is 6.07 Å². The van der Waals surface area contributed by atoms with Crippen LogP contribution in [0.3, 0.4) is 0 Å². The van der Waals surface area contributed by atoms with Crippen LogP contribution in [0.25, 0.3) is 0 Å². The lowest BCUT2D eigenvalue weighted by molar-refractivity contribution is -0.127. The number of carbonyl (C=O) groups excluding carboxylic acids is 1. The van der Waals surface area contributed by atoms with Gasteiger partial charge in [-0.1, -0.05) is 41.4 Å². The summed E-state index contributed by atoms with van der Waals surface area (Å²) in [5.74, 6) is -0.150. The molecule has 1 N–H and O–H groups in total. The Morgan fingerprint density at radius 2 is 2.00 bits per heavy atom. The molecule has 0 spiro atoms. The molecule has 26 heavy (non-hydrogen) atoms. The zero-order valence-corrected chi connectivity index (χ0v) is 16.1. The van der Waals surface area contributed by atoms with E-state index in [9.17, 15) is 13.2 Å². The molecule has 1 aliphatic heterocycles. The van der Waals surface area contributed by atoms with Crippen molar-refractivity contribution in [1.82, 2.24) is 5.32 Å². The highest BCUT2D eigenvalue weighted by Crippen LogP contribution is 2.37. The predicted molar refractivity (Wildman–Crippen MR) is 101 cm³/mol. The summed E-state index contributed by atoms with van der Waals surface area (Å²) in [6, 6.07) is 11.7. The number of benzene rings is 2. The monoisotopic (exact) mass is 414 g/mol. The fourth-order valence-corrected chi connectivity index (χ4v) is 3.89. The molecule has 0 unspecified atom stereocenters. The minimum Gasteiger partial charge on any atom is -0.476 e. The minimum atomic E-state index is -3.60. The lowest BCUT2D eigenvalue weighted by Crippen LogP contribution is -2.50. The first-order valence-electron chi connectivity index (χ1n) is 7.71. The molecule has 1 aliphatic rings. The van der Waals surface area contributed by atoms with E-state index < -0.39 is 22.0 Å². The van der Waals surface area contributed by atoms with E-state index in [0.717, 1.165) is 16.1 Å². The molecule has 1 atom stereocenters. The number of amides is 1. The van der Waals surface area contributed by atoms with Crippen LogP contribution in [0.4, 0.5) is 5.69 Å². The number of sulfonamides is 1. The van der Waals surface area contributed by atoms with Crippen molar-refractivity contribution < 1.29 is 17.9 Å². The van der Waals surface area contributed by atoms with Gasteiger partial charge in [0, 0.05) is 16.6 Å². The predicted octanol–water partition coefficient (Wildman–Crippen LogP) is 2.84. The maximum atomic E-state index is 12.5. The van der Waals surface area contributed by atoms with E-state index in [1.807, 2.05) is 6.07 Å². The molecule has 9 heteroatoms. The number of hydrogen-bond acceptors (Lipinski definition) is 4. The Morgan fingerprint density at radius 1 is 1.27 bits per heavy atom. The maximum Gasteiger partial charge on any atom is 0.263 e. The lowest BCUT2D eigenvalue weighted by Gasteiger charge is -2.34. The Bertz CT molecular complexity index is 950. The summed E-state index contributed by atoms with van der Waals surface area (Å²) in [4.78, 5) is 12.5. The molecule has 0 aromatic heterocycles. The molecule has 6 nitrogen and oxygen atoms in total. The first-order chi connectivity index (χ1) is 12.3. The number of carbonyl (C=O) groups is 1. The molecule has 1 amide bonds. The molecule has 0 saturated heterocycles. The quantitative estimate of drug-likeness (QED) is 0.834. The highest BCUT2D eigenvalue weighted by atomic mass is 35.5. The van der Waals surface area contributed by atoms with Gasteiger partial charge in [-0.05, 0) is 29.8 Å². The summed E-state index contributed by atoms with van der Waals surface area (Å²) in [5.41, 5.74) is 1.07. The fourth-order valence-electron chi connectivity index (χ4n) is 2.61. The van der Waals surface area contributed by atoms with Crippen molar-refractivity contribution in [3.63, 3.8) is 0 Å². The van der Waals surface area contributed by atoms with E-state index >= 15 is 0 Å². The smallest absolute Gasteiger partial charge is 0.263 e. The Morgan fingerprint density at radius 3 is 2.69 bits per heavy atom. The molecular formula is C17H16Cl2N2O4S. The zero-order chi connectivity index (χ0) is 18.9. The molecule has 138 valence electrons. The van der Waals surface area contributed by atoms with Crippen molar-refractivity contribution in [3.8, 4) is 5.75 Å². The van der Waals surface area contributed by atoms with Crippen molar-refractivity contribution >= 4 is 44.8 Å². The fraction of sp³-hybridized carbons (Fsp3) is 0.235. The second kappa shape index (κ2) is 7.34. The van der Waals surface area contributed by atoms with Crippen LogP contribution in [-0.2, 0) is 21.4 Å². The third-order valence-corrected chi connectivity index (χ3v) is 5.64. The van der Waals surface area contributed by atoms with E-state index in [4.69, 9.17) is 27.9 Å². The molecule has 1 heterocycles. The number of nitrogens with zero attached hydrogens (tertiary/aromatic N) is 1. The molecule has 0 fully saturated rings. The molecule has 0 radical (unpaired) electrons. The Kier molecular flexibility index (Phi) is 5.32. The second-order valence-electron chi connectivity index (χ2n) is 5.82. The van der Waals surface area contributed by atoms with Crippen molar-refractivity contribution in [3.05, 3.63) is 58.1 Å². The van der Waals surface area contributed by atoms with E-state index in [1.54, 1.807) is 30.3 Å². The standard InChI is InChI=1S/C17H16Cl2N2O4S/c1-26(23,24)21-10-16(25-15-7-6-12(18)8-14(15)21)17(22)20-9-11-4-2-3-5-13(11)19/h2-8,16H,9-10H2,1H3,(H,20,22)/t16-/m1/s1. The van der Waals surface area contributed by atoms with Crippen molar-refractivity contribution in [2.24, 2.45) is 0 Å². The second-order valence-corrected chi connectivity index (χ2v) is 8.57. The number of nitrogens with one attached hydrogen (secondary N) is 1. The summed E-state index contributed by atoms with van der Waals surface area (Å²) in [6.07, 6.45) is 0.0859. The van der Waals surface area contributed by atoms with Gasteiger partial charge in [0.05, 0.1) is 18.5 Å². The normalized spacial score (nSPS) is 16.6. The number of ether oxygens (including phenoxy) is 1. The van der Waals surface area contributed by atoms with Crippen LogP contribution in [-0.4, -0.2) is 33.2 Å². The number of anilines is 1. The molecule has 0 aliphatic carbocycles. The van der Waals surface area contributed by atoms with Crippen LogP contribution in [0.2, 0.25) is 10.0 Å². The van der Waals surface area contributed by atoms with Gasteiger partial charge in [-0.2, -0.15) is 0 Å². The molecule has 2 aromatic rings. The van der Waals surface area contributed by atoms with E-state index in [0.29, 0.717) is 15.7 Å². The van der Waals surface area contributed by atoms with Gasteiger partial charge in [0.1, 0.15) is 5.75 Å². The summed E-state index contributed by atoms with van der Waals surface area (Å²) in [5, 5.41) is 3.64. The largest absolute Gasteiger partial charge is 0.476 e. The van der Waals surface area contributed by atoms with Gasteiger partial charge in [-0.25, -0.2) is 8.42 Å². The van der Waals surface area contributed by atoms with Crippen LogP contribution in [0, 0.1) is 0 Å². The van der Waals surface area contributed by atoms with Crippen molar-refractivity contribution in [1.29, 1.82) is 0 Å². The van der Waals surface area contributed by atoms with Gasteiger partial charge in [-0.15, -0.1) is 0 Å². The molecule has 0 saturated carbocycles. The van der Waals surface area contributed by atoms with Crippen molar-refractivity contribution in [2.75, 3.05) is 17.1 Å². The van der Waals surface area contributed by atoms with Crippen LogP contribution in [0.15, 0.2) is 42.5 Å². The highest BCUT2D eigenvalue weighted by Gasteiger charge is 2.35. The van der Waals surface area contributed by atoms with Gasteiger partial charge in [-0.3, -0.25) is 9.10 Å². The lowest BCUT2D eigenvalue weighted by atomic mass is 10.2. The minimum absolute atomic E-state index is 0.138. The number of rotatable bonds is 4. The molecule has 0 bridgehead atoms. The summed E-state index contributed by atoms with van der Waals surface area (Å²) in [6.45, 7) is 0.0747. The van der Waals surface area contributed by atoms with Crippen LogP contribution in [0.1, 0.15) is 5.56 Å². The zero-order valence-electron chi connectivity index (χ0n) is 13.8. The van der Waals surface area contributed by atoms with Gasteiger partial charge >= 0.3 is 0 Å². The molecular weight excluding hydrogens is 399 g/mol.